The summed E-state index contributed by atoms with van der Waals surface area (Å²) in [5, 5.41) is 15.3. The Balaban J connectivity index is 2.16. The van der Waals surface area contributed by atoms with E-state index in [2.05, 4.69) is 37.3 Å². The lowest BCUT2D eigenvalue weighted by atomic mass is 9.90. The Morgan fingerprint density at radius 1 is 0.903 bits per heavy atom. The number of aromatic nitrogens is 2. The maximum Gasteiger partial charge on any atom is 0.469 e. The van der Waals surface area contributed by atoms with Crippen LogP contribution in [0.3, 0.4) is 0 Å². The molecule has 0 radical (unpaired) electrons. The fourth-order valence-electron chi connectivity index (χ4n) is 6.77. The maximum absolute atomic E-state index is 14.0. The predicted octanol–water partition coefficient (Wildman–Crippen LogP) is 2.17. The van der Waals surface area contributed by atoms with Crippen molar-refractivity contribution in [3.05, 3.63) is 54.1 Å². The Morgan fingerprint density at radius 3 is 2.19 bits per heavy atom. The highest BCUT2D eigenvalue weighted by Gasteiger charge is 2.36. The molecule has 1 heterocycles. The summed E-state index contributed by atoms with van der Waals surface area (Å²) in [4.78, 5) is 107. The number of benzene rings is 1. The van der Waals surface area contributed by atoms with Crippen molar-refractivity contribution in [2.45, 2.75) is 110 Å². The number of hydrogen-bond acceptors (Lipinski definition) is 12. The van der Waals surface area contributed by atoms with Gasteiger partial charge < -0.3 is 50.6 Å². The lowest BCUT2D eigenvalue weighted by molar-refractivity contribution is -0.138. The molecule has 1 aromatic heterocycles. The molecule has 19 nitrogen and oxygen atoms in total. The summed E-state index contributed by atoms with van der Waals surface area (Å²) in [6, 6.07) is 7.61. The molecule has 2 rings (SSSR count). The van der Waals surface area contributed by atoms with Gasteiger partial charge in [-0.25, -0.2) is 9.55 Å². The number of aryl methyl sites for hydroxylation is 1. The van der Waals surface area contributed by atoms with Crippen LogP contribution in [0.25, 0.3) is 0 Å². The molecular formula is C42H67N6O13P. The molecule has 62 heavy (non-hydrogen) atoms. The number of hydrogen-bond donors (Lipinski definition) is 7. The molecule has 0 aliphatic rings. The first-order valence-electron chi connectivity index (χ1n) is 21.1. The zero-order chi connectivity index (χ0) is 46.1. The number of methoxy groups -OCH3 is 1. The summed E-state index contributed by atoms with van der Waals surface area (Å²) >= 11 is 0. The molecule has 0 unspecified atom stereocenters. The van der Waals surface area contributed by atoms with Crippen LogP contribution >= 0.6 is 7.82 Å². The number of amides is 4. The number of carbonyl (C=O) groups excluding carboxylic acids is 6. The lowest BCUT2D eigenvalue weighted by Gasteiger charge is -2.26. The second-order valence-electron chi connectivity index (χ2n) is 15.8. The number of carbonyl (C=O) groups is 6. The summed E-state index contributed by atoms with van der Waals surface area (Å²) < 4.78 is 26.4. The molecular weight excluding hydrogens is 827 g/mol. The van der Waals surface area contributed by atoms with Crippen molar-refractivity contribution in [1.29, 1.82) is 0 Å². The van der Waals surface area contributed by atoms with Gasteiger partial charge in [0.1, 0.15) is 11.9 Å². The van der Waals surface area contributed by atoms with Gasteiger partial charge in [0, 0.05) is 45.3 Å². The van der Waals surface area contributed by atoms with E-state index >= 15 is 0 Å². The number of nitrogens with two attached hydrogens (primary N) is 1. The predicted molar refractivity (Wildman–Crippen MR) is 228 cm³/mol. The number of ether oxygens (including phenoxy) is 2. The largest absolute Gasteiger partial charge is 0.469 e. The molecule has 0 aliphatic carbocycles. The Hall–Kier alpha value is -4.36. The van der Waals surface area contributed by atoms with Crippen LogP contribution in [0.2, 0.25) is 0 Å². The molecule has 20 heteroatoms. The van der Waals surface area contributed by atoms with E-state index in [9.17, 15) is 48.2 Å². The van der Waals surface area contributed by atoms with Gasteiger partial charge in [-0.3, -0.25) is 33.3 Å². The minimum Gasteiger partial charge on any atom is -0.394 e. The van der Waals surface area contributed by atoms with Crippen LogP contribution in [0.4, 0.5) is 0 Å². The number of phosphoric ester groups is 1. The van der Waals surface area contributed by atoms with Gasteiger partial charge in [-0.1, -0.05) is 63.4 Å². The number of imidazole rings is 1. The highest BCUT2D eigenvalue weighted by atomic mass is 31.2. The number of H-pyrrole nitrogens is 1. The van der Waals surface area contributed by atoms with E-state index in [1.807, 2.05) is 32.0 Å². The van der Waals surface area contributed by atoms with Crippen molar-refractivity contribution in [3.8, 4) is 0 Å². The fraction of sp³-hybridized carbons (Fsp3) is 0.643. The summed E-state index contributed by atoms with van der Waals surface area (Å²) in [6.45, 7) is 4.81. The van der Waals surface area contributed by atoms with Crippen LogP contribution in [0.5, 0.6) is 0 Å². The van der Waals surface area contributed by atoms with E-state index in [4.69, 9.17) is 15.2 Å². The minimum absolute atomic E-state index is 0.0483. The summed E-state index contributed by atoms with van der Waals surface area (Å²) in [5.41, 5.74) is 6.66. The van der Waals surface area contributed by atoms with E-state index in [1.165, 1.54) is 22.9 Å². The van der Waals surface area contributed by atoms with E-state index in [1.54, 1.807) is 7.11 Å². The molecule has 0 bridgehead atoms. The molecule has 4 amide bonds. The zero-order valence-corrected chi connectivity index (χ0v) is 37.3. The number of phosphoric acid groups is 1. The molecule has 0 spiro atoms. The van der Waals surface area contributed by atoms with Crippen LogP contribution in [0.1, 0.15) is 89.9 Å². The summed E-state index contributed by atoms with van der Waals surface area (Å²) in [6.07, 6.45) is 6.04. The molecule has 1 aromatic carbocycles. The standard InChI is InChI=1S/C42H67N6O13P/c1-29(2)23-34(46-39(52)27-48(40(53)16-20-60-22-21-59-4)19-12-7-5-6-9-13-31-14-10-8-11-15-31)36(50)24-32(25-38-44-17-18-45-38)42(55)47-35(28-49)37(51)26-33(41(43)54)30(3)61-62(56,57)58/h8,10-11,14-15,17-18,29-30,32-35,49H,5-7,9,12-13,16,19-28H2,1-4H3,(H2,43,54)(H,44,45)(H,46,52)(H,47,55)(H2,56,57,58)/t30-,32+,33+,34+,35+/m1/s1. The van der Waals surface area contributed by atoms with Crippen molar-refractivity contribution in [2.75, 3.05) is 46.6 Å². The van der Waals surface area contributed by atoms with Crippen LogP contribution in [-0.2, 0) is 60.2 Å². The third kappa shape index (κ3) is 22.1. The number of aliphatic hydroxyl groups is 1. The third-order valence-corrected chi connectivity index (χ3v) is 10.7. The van der Waals surface area contributed by atoms with Gasteiger partial charge in [-0.2, -0.15) is 0 Å². The average molecular weight is 895 g/mol. The second-order valence-corrected chi connectivity index (χ2v) is 16.9. The van der Waals surface area contributed by atoms with Crippen LogP contribution in [-0.4, -0.2) is 130 Å². The fourth-order valence-corrected chi connectivity index (χ4v) is 7.35. The quantitative estimate of drug-likeness (QED) is 0.0392. The SMILES string of the molecule is COCCOCCC(=O)N(CCCCCCCc1ccccc1)CC(=O)N[C@@H](CC(C)C)C(=O)C[C@@H](Cc1ncc[nH]1)C(=O)N[C@@H](CO)C(=O)C[C@H](C(N)=O)[C@@H](C)OP(=O)(O)O. The molecule has 348 valence electrons. The van der Waals surface area contributed by atoms with Crippen LogP contribution < -0.4 is 16.4 Å². The van der Waals surface area contributed by atoms with Crippen molar-refractivity contribution >= 4 is 43.0 Å². The number of aliphatic hydroxyl groups excluding tert-OH is 1. The normalized spacial score (nSPS) is 14.1. The Morgan fingerprint density at radius 2 is 1.58 bits per heavy atom. The van der Waals surface area contributed by atoms with Crippen LogP contribution in [0.15, 0.2) is 42.7 Å². The number of unbranched alkanes of at least 4 members (excludes halogenated alkanes) is 4. The molecule has 8 N–H and O–H groups in total. The molecule has 5 atom stereocenters. The topological polar surface area (TPSA) is 290 Å². The van der Waals surface area contributed by atoms with Gasteiger partial charge in [0.25, 0.3) is 0 Å². The van der Waals surface area contributed by atoms with Crippen molar-refractivity contribution in [3.63, 3.8) is 0 Å². The van der Waals surface area contributed by atoms with Gasteiger partial charge >= 0.3 is 7.82 Å². The average Bonchev–Trinajstić information content (AvgIpc) is 3.72. The zero-order valence-electron chi connectivity index (χ0n) is 36.4. The number of nitrogens with one attached hydrogen (secondary N) is 3. The molecule has 0 fully saturated rings. The minimum atomic E-state index is -5.06. The lowest BCUT2D eigenvalue weighted by Crippen LogP contribution is -2.50. The number of ketones is 2. The van der Waals surface area contributed by atoms with E-state index in [-0.39, 0.29) is 44.2 Å². The molecule has 0 aliphatic heterocycles. The van der Waals surface area contributed by atoms with Gasteiger partial charge in [-0.05, 0) is 44.1 Å². The van der Waals surface area contributed by atoms with Crippen LogP contribution in [0, 0.1) is 17.8 Å². The number of nitrogens with zero attached hydrogens (tertiary/aromatic N) is 2. The van der Waals surface area contributed by atoms with Crippen molar-refractivity contribution in [1.82, 2.24) is 25.5 Å². The summed E-state index contributed by atoms with van der Waals surface area (Å²) in [7, 11) is -3.52. The Bertz CT molecular complexity index is 1710. The number of primary amides is 1. The molecule has 0 saturated carbocycles. The van der Waals surface area contributed by atoms with E-state index in [0.29, 0.717) is 32.0 Å². The van der Waals surface area contributed by atoms with Crippen molar-refractivity contribution in [2.24, 2.45) is 23.5 Å². The second kappa shape index (κ2) is 29.1. The first-order chi connectivity index (χ1) is 29.4. The van der Waals surface area contributed by atoms with E-state index in [0.717, 1.165) is 39.0 Å². The van der Waals surface area contributed by atoms with Gasteiger partial charge in [-0.15, -0.1) is 0 Å². The highest BCUT2D eigenvalue weighted by molar-refractivity contribution is 7.46. The van der Waals surface area contributed by atoms with Gasteiger partial charge in [0.05, 0.1) is 63.4 Å². The Kier molecular flexibility index (Phi) is 25.2. The third-order valence-electron chi connectivity index (χ3n) is 10.1. The van der Waals surface area contributed by atoms with Crippen molar-refractivity contribution < 1.29 is 62.2 Å². The van der Waals surface area contributed by atoms with Gasteiger partial charge in [0.2, 0.25) is 23.6 Å². The maximum atomic E-state index is 14.0. The number of rotatable bonds is 34. The smallest absolute Gasteiger partial charge is 0.394 e. The monoisotopic (exact) mass is 894 g/mol. The number of Topliss-reactive ketones (excluding diaryl/α,β-unsaturated/α-hetero) is 2. The highest BCUT2D eigenvalue weighted by Crippen LogP contribution is 2.39. The summed E-state index contributed by atoms with van der Waals surface area (Å²) in [5.74, 6) is -6.55. The first-order valence-corrected chi connectivity index (χ1v) is 22.6. The van der Waals surface area contributed by atoms with E-state index < -0.39 is 86.6 Å². The first kappa shape index (κ1) is 53.8. The molecule has 2 aromatic rings. The van der Waals surface area contributed by atoms with Gasteiger partial charge in [0.15, 0.2) is 11.6 Å². The Labute approximate surface area is 363 Å². The molecule has 0 saturated heterocycles. The number of aromatic amines is 1.